The number of rotatable bonds is 5. The van der Waals surface area contributed by atoms with E-state index in [2.05, 4.69) is 10.5 Å². The van der Waals surface area contributed by atoms with Crippen LogP contribution in [0, 0.1) is 0 Å². The van der Waals surface area contributed by atoms with E-state index in [-0.39, 0.29) is 12.5 Å². The lowest BCUT2D eigenvalue weighted by atomic mass is 10.1. The summed E-state index contributed by atoms with van der Waals surface area (Å²) in [6.07, 6.45) is -3.92. The minimum absolute atomic E-state index is 0.00534. The van der Waals surface area contributed by atoms with Gasteiger partial charge in [0.15, 0.2) is 0 Å². The average Bonchev–Trinajstić information content (AvgIpc) is 2.60. The van der Waals surface area contributed by atoms with Gasteiger partial charge in [-0.05, 0) is 20.3 Å². The lowest BCUT2D eigenvalue weighted by molar-refractivity contribution is -0.136. The monoisotopic (exact) mass is 284 g/mol. The van der Waals surface area contributed by atoms with Gasteiger partial charge in [-0.1, -0.05) is 11.6 Å². The summed E-state index contributed by atoms with van der Waals surface area (Å²) in [6.45, 7) is 3.73. The molecule has 0 aliphatic carbocycles. The van der Waals surface area contributed by atoms with Crippen molar-refractivity contribution in [3.05, 3.63) is 16.9 Å². The molecule has 0 spiro atoms. The van der Waals surface area contributed by atoms with Gasteiger partial charge in [-0.25, -0.2) is 0 Å². The second-order valence-electron chi connectivity index (χ2n) is 4.29. The predicted octanol–water partition coefficient (Wildman–Crippen LogP) is 2.96. The standard InChI is InChI=1S/C10H16ClF3N4/c1-6(2)18-9(7(11)5-16-18)8(17-15)3-4-10(12,13)14/h5-6,8,17H,3-4,15H2,1-2H3. The molecule has 0 aliphatic heterocycles. The molecule has 1 unspecified atom stereocenters. The largest absolute Gasteiger partial charge is 0.389 e. The molecule has 0 aliphatic rings. The smallest absolute Gasteiger partial charge is 0.271 e. The summed E-state index contributed by atoms with van der Waals surface area (Å²) in [6, 6.07) is -0.682. The minimum Gasteiger partial charge on any atom is -0.271 e. The van der Waals surface area contributed by atoms with Crippen molar-refractivity contribution in [3.8, 4) is 0 Å². The van der Waals surface area contributed by atoms with Crippen LogP contribution in [0.1, 0.15) is 44.5 Å². The van der Waals surface area contributed by atoms with Gasteiger partial charge < -0.3 is 0 Å². The van der Waals surface area contributed by atoms with Crippen LogP contribution < -0.4 is 11.3 Å². The summed E-state index contributed by atoms with van der Waals surface area (Å²) < 4.78 is 38.3. The van der Waals surface area contributed by atoms with Gasteiger partial charge in [0.2, 0.25) is 0 Å². The van der Waals surface area contributed by atoms with Crippen LogP contribution in [0.4, 0.5) is 13.2 Å². The first kappa shape index (κ1) is 15.3. The summed E-state index contributed by atoms with van der Waals surface area (Å²) in [7, 11) is 0. The molecule has 3 N–H and O–H groups in total. The Bertz CT molecular complexity index is 389. The number of alkyl halides is 3. The zero-order valence-electron chi connectivity index (χ0n) is 10.1. The second-order valence-corrected chi connectivity index (χ2v) is 4.70. The summed E-state index contributed by atoms with van der Waals surface area (Å²) in [4.78, 5) is 0. The molecule has 0 saturated heterocycles. The van der Waals surface area contributed by atoms with Gasteiger partial charge in [0.05, 0.1) is 23.0 Å². The first-order valence-corrected chi connectivity index (χ1v) is 5.90. The third-order valence-electron chi connectivity index (χ3n) is 2.52. The molecule has 1 atom stereocenters. The van der Waals surface area contributed by atoms with Crippen LogP contribution in [-0.4, -0.2) is 16.0 Å². The highest BCUT2D eigenvalue weighted by molar-refractivity contribution is 6.31. The van der Waals surface area contributed by atoms with E-state index in [1.54, 1.807) is 4.68 Å². The Balaban J connectivity index is 2.91. The quantitative estimate of drug-likeness (QED) is 0.646. The number of aromatic nitrogens is 2. The molecule has 8 heteroatoms. The SMILES string of the molecule is CC(C)n1ncc(Cl)c1C(CCC(F)(F)F)NN. The maximum absolute atomic E-state index is 12.2. The minimum atomic E-state index is -4.22. The van der Waals surface area contributed by atoms with E-state index < -0.39 is 18.6 Å². The highest BCUT2D eigenvalue weighted by Gasteiger charge is 2.30. The van der Waals surface area contributed by atoms with E-state index in [0.29, 0.717) is 10.7 Å². The van der Waals surface area contributed by atoms with E-state index in [1.807, 2.05) is 13.8 Å². The fourth-order valence-electron chi connectivity index (χ4n) is 1.70. The Morgan fingerprint density at radius 2 is 2.11 bits per heavy atom. The van der Waals surface area contributed by atoms with Crippen LogP contribution in [0.15, 0.2) is 6.20 Å². The molecule has 1 heterocycles. The first-order chi connectivity index (χ1) is 8.26. The lowest BCUT2D eigenvalue weighted by Gasteiger charge is -2.20. The Labute approximate surface area is 108 Å². The second kappa shape index (κ2) is 5.90. The average molecular weight is 285 g/mol. The number of hydrogen-bond donors (Lipinski definition) is 2. The van der Waals surface area contributed by atoms with E-state index >= 15 is 0 Å². The molecule has 0 saturated carbocycles. The highest BCUT2D eigenvalue weighted by atomic mass is 35.5. The van der Waals surface area contributed by atoms with Crippen molar-refractivity contribution in [1.82, 2.24) is 15.2 Å². The van der Waals surface area contributed by atoms with Crippen LogP contribution in [0.2, 0.25) is 5.02 Å². The van der Waals surface area contributed by atoms with Crippen molar-refractivity contribution in [1.29, 1.82) is 0 Å². The fourth-order valence-corrected chi connectivity index (χ4v) is 1.96. The Hall–Kier alpha value is -0.790. The summed E-state index contributed by atoms with van der Waals surface area (Å²) in [5, 5.41) is 4.35. The summed E-state index contributed by atoms with van der Waals surface area (Å²) in [5.74, 6) is 5.31. The molecule has 1 aromatic heterocycles. The van der Waals surface area contributed by atoms with Gasteiger partial charge in [-0.2, -0.15) is 18.3 Å². The number of hydrazine groups is 1. The topological polar surface area (TPSA) is 55.9 Å². The van der Waals surface area contributed by atoms with Crippen LogP contribution >= 0.6 is 11.6 Å². The Morgan fingerprint density at radius 1 is 1.50 bits per heavy atom. The first-order valence-electron chi connectivity index (χ1n) is 5.52. The molecule has 1 aromatic rings. The zero-order chi connectivity index (χ0) is 13.9. The normalized spacial score (nSPS) is 14.2. The number of hydrogen-bond acceptors (Lipinski definition) is 3. The molecule has 1 rings (SSSR count). The van der Waals surface area contributed by atoms with Gasteiger partial charge in [0, 0.05) is 12.5 Å². The molecule has 0 amide bonds. The van der Waals surface area contributed by atoms with Crippen LogP contribution in [0.25, 0.3) is 0 Å². The molecule has 104 valence electrons. The fraction of sp³-hybridized carbons (Fsp3) is 0.700. The van der Waals surface area contributed by atoms with E-state index in [9.17, 15) is 13.2 Å². The van der Waals surface area contributed by atoms with Gasteiger partial charge >= 0.3 is 6.18 Å². The van der Waals surface area contributed by atoms with Gasteiger partial charge in [0.1, 0.15) is 0 Å². The molecule has 4 nitrogen and oxygen atoms in total. The summed E-state index contributed by atoms with van der Waals surface area (Å²) in [5.41, 5.74) is 2.85. The molecule has 0 radical (unpaired) electrons. The molecule has 18 heavy (non-hydrogen) atoms. The van der Waals surface area contributed by atoms with Crippen molar-refractivity contribution in [2.45, 2.75) is 44.9 Å². The number of halogens is 4. The van der Waals surface area contributed by atoms with Gasteiger partial charge in [-0.15, -0.1) is 0 Å². The van der Waals surface area contributed by atoms with Crippen molar-refractivity contribution in [2.75, 3.05) is 0 Å². The van der Waals surface area contributed by atoms with Crippen LogP contribution in [0.5, 0.6) is 0 Å². The van der Waals surface area contributed by atoms with Crippen LogP contribution in [0.3, 0.4) is 0 Å². The third-order valence-corrected chi connectivity index (χ3v) is 2.82. The van der Waals surface area contributed by atoms with Crippen molar-refractivity contribution < 1.29 is 13.2 Å². The zero-order valence-corrected chi connectivity index (χ0v) is 10.9. The molecule has 0 aromatic carbocycles. The Morgan fingerprint density at radius 3 is 2.56 bits per heavy atom. The predicted molar refractivity (Wildman–Crippen MR) is 63.0 cm³/mol. The highest BCUT2D eigenvalue weighted by Crippen LogP contribution is 2.31. The Kier molecular flexibility index (Phi) is 5.01. The molecule has 0 fully saturated rings. The third kappa shape index (κ3) is 3.86. The van der Waals surface area contributed by atoms with Crippen molar-refractivity contribution in [2.24, 2.45) is 5.84 Å². The van der Waals surface area contributed by atoms with Gasteiger partial charge in [-0.3, -0.25) is 16.0 Å². The van der Waals surface area contributed by atoms with E-state index in [0.717, 1.165) is 0 Å². The number of nitrogens with one attached hydrogen (secondary N) is 1. The van der Waals surface area contributed by atoms with E-state index in [1.165, 1.54) is 6.20 Å². The van der Waals surface area contributed by atoms with Crippen molar-refractivity contribution >= 4 is 11.6 Å². The molecular formula is C10H16ClF3N4. The number of nitrogens with zero attached hydrogens (tertiary/aromatic N) is 2. The molecule has 0 bridgehead atoms. The van der Waals surface area contributed by atoms with Gasteiger partial charge in [0.25, 0.3) is 0 Å². The van der Waals surface area contributed by atoms with Crippen LogP contribution in [-0.2, 0) is 0 Å². The molecular weight excluding hydrogens is 269 g/mol. The summed E-state index contributed by atoms with van der Waals surface area (Å²) >= 11 is 5.95. The maximum atomic E-state index is 12.2. The lowest BCUT2D eigenvalue weighted by Crippen LogP contribution is -2.31. The van der Waals surface area contributed by atoms with Crippen molar-refractivity contribution in [3.63, 3.8) is 0 Å². The van der Waals surface area contributed by atoms with E-state index in [4.69, 9.17) is 17.4 Å². The maximum Gasteiger partial charge on any atom is 0.389 e. The number of nitrogens with two attached hydrogens (primary N) is 1.